The second-order valence-corrected chi connectivity index (χ2v) is 2.94. The van der Waals surface area contributed by atoms with E-state index >= 15 is 0 Å². The second kappa shape index (κ2) is 3.26. The monoisotopic (exact) mass is 168 g/mol. The van der Waals surface area contributed by atoms with Gasteiger partial charge in [0.2, 0.25) is 0 Å². The number of terminal acetylenes is 1. The van der Waals surface area contributed by atoms with Crippen molar-refractivity contribution < 1.29 is 19.8 Å². The summed E-state index contributed by atoms with van der Waals surface area (Å²) in [5.41, 5.74) is -1.29. The largest absolute Gasteiger partial charge is 0.549 e. The molecule has 0 amide bonds. The molecule has 0 rings (SSSR count). The lowest BCUT2D eigenvalue weighted by Gasteiger charge is -2.30. The fourth-order valence-electron chi connectivity index (χ4n) is 0.769. The maximum atomic E-state index is 10.3. The van der Waals surface area contributed by atoms with Gasteiger partial charge >= 0.3 is 0 Å². The highest BCUT2D eigenvalue weighted by Gasteiger charge is 2.29. The Morgan fingerprint density at radius 3 is 1.75 bits per heavy atom. The SMILES string of the molecule is C#CC(C)(C)C(C(=O)[O-])C(=O)[O-]. The first-order valence-corrected chi connectivity index (χ1v) is 3.22. The molecule has 0 bridgehead atoms. The molecule has 0 spiro atoms. The Balaban J connectivity index is 4.91. The first-order chi connectivity index (χ1) is 5.33. The van der Waals surface area contributed by atoms with Crippen molar-refractivity contribution in [2.24, 2.45) is 11.3 Å². The zero-order valence-electron chi connectivity index (χ0n) is 6.79. The zero-order chi connectivity index (χ0) is 9.94. The lowest BCUT2D eigenvalue weighted by Crippen LogP contribution is -2.50. The molecule has 4 nitrogen and oxygen atoms in total. The molecule has 0 unspecified atom stereocenters. The van der Waals surface area contributed by atoms with Gasteiger partial charge in [0.05, 0.1) is 17.9 Å². The Morgan fingerprint density at radius 2 is 1.67 bits per heavy atom. The summed E-state index contributed by atoms with van der Waals surface area (Å²) in [6.07, 6.45) is 4.95. The summed E-state index contributed by atoms with van der Waals surface area (Å²) in [6.45, 7) is 2.65. The lowest BCUT2D eigenvalue weighted by atomic mass is 9.80. The van der Waals surface area contributed by atoms with E-state index in [1.807, 2.05) is 0 Å². The van der Waals surface area contributed by atoms with Gasteiger partial charge < -0.3 is 19.8 Å². The van der Waals surface area contributed by atoms with Crippen LogP contribution in [0.15, 0.2) is 0 Å². The van der Waals surface area contributed by atoms with Crippen LogP contribution in [0.25, 0.3) is 0 Å². The van der Waals surface area contributed by atoms with Gasteiger partial charge in [0.1, 0.15) is 0 Å². The third-order valence-corrected chi connectivity index (χ3v) is 1.57. The van der Waals surface area contributed by atoms with E-state index in [4.69, 9.17) is 6.42 Å². The van der Waals surface area contributed by atoms with Gasteiger partial charge in [-0.25, -0.2) is 0 Å². The molecule has 0 fully saturated rings. The second-order valence-electron chi connectivity index (χ2n) is 2.94. The normalized spacial score (nSPS) is 10.8. The number of aliphatic carboxylic acids is 2. The molecule has 0 saturated carbocycles. The minimum absolute atomic E-state index is 1.29. The van der Waals surface area contributed by atoms with Gasteiger partial charge in [0.15, 0.2) is 0 Å². The van der Waals surface area contributed by atoms with E-state index in [-0.39, 0.29) is 0 Å². The highest BCUT2D eigenvalue weighted by atomic mass is 16.4. The third kappa shape index (κ3) is 1.99. The maximum Gasteiger partial charge on any atom is 0.0542 e. The van der Waals surface area contributed by atoms with Gasteiger partial charge in [-0.2, -0.15) is 0 Å². The van der Waals surface area contributed by atoms with E-state index in [1.54, 1.807) is 0 Å². The van der Waals surface area contributed by atoms with Crippen LogP contribution in [-0.2, 0) is 9.59 Å². The van der Waals surface area contributed by atoms with E-state index < -0.39 is 23.3 Å². The van der Waals surface area contributed by atoms with Crippen LogP contribution >= 0.6 is 0 Å². The summed E-state index contributed by atoms with van der Waals surface area (Å²) in [5, 5.41) is 20.6. The summed E-state index contributed by atoms with van der Waals surface area (Å²) in [5.74, 6) is -3.16. The van der Waals surface area contributed by atoms with Crippen LogP contribution in [0.5, 0.6) is 0 Å². The Kier molecular flexibility index (Phi) is 2.86. The average molecular weight is 168 g/mol. The van der Waals surface area contributed by atoms with Crippen LogP contribution in [0.4, 0.5) is 0 Å². The van der Waals surface area contributed by atoms with Crippen LogP contribution < -0.4 is 10.2 Å². The minimum Gasteiger partial charge on any atom is -0.549 e. The van der Waals surface area contributed by atoms with E-state index in [0.717, 1.165) is 0 Å². The zero-order valence-corrected chi connectivity index (χ0v) is 6.79. The molecule has 66 valence electrons. The lowest BCUT2D eigenvalue weighted by molar-refractivity contribution is -0.335. The molecule has 0 aliphatic heterocycles. The quantitative estimate of drug-likeness (QED) is 0.352. The predicted molar refractivity (Wildman–Crippen MR) is 36.1 cm³/mol. The molecule has 0 heterocycles. The molecule has 0 aromatic rings. The smallest absolute Gasteiger partial charge is 0.0542 e. The van der Waals surface area contributed by atoms with Gasteiger partial charge in [-0.15, -0.1) is 6.42 Å². The van der Waals surface area contributed by atoms with Crippen molar-refractivity contribution in [2.75, 3.05) is 0 Å². The molecule has 0 aromatic heterocycles. The van der Waals surface area contributed by atoms with Crippen LogP contribution in [0.1, 0.15) is 13.8 Å². The topological polar surface area (TPSA) is 80.3 Å². The van der Waals surface area contributed by atoms with Gasteiger partial charge in [-0.3, -0.25) is 0 Å². The molecule has 0 atom stereocenters. The summed E-state index contributed by atoms with van der Waals surface area (Å²) in [4.78, 5) is 20.6. The van der Waals surface area contributed by atoms with Crippen LogP contribution in [0.2, 0.25) is 0 Å². The first-order valence-electron chi connectivity index (χ1n) is 3.22. The predicted octanol–water partition coefficient (Wildman–Crippen LogP) is -2.24. The Morgan fingerprint density at radius 1 is 1.33 bits per heavy atom. The van der Waals surface area contributed by atoms with Gasteiger partial charge in [-0.1, -0.05) is 5.92 Å². The number of hydrogen-bond donors (Lipinski definition) is 0. The molecule has 0 aromatic carbocycles. The molecular weight excluding hydrogens is 160 g/mol. The molecule has 12 heavy (non-hydrogen) atoms. The van der Waals surface area contributed by atoms with E-state index in [2.05, 4.69) is 5.92 Å². The highest BCUT2D eigenvalue weighted by Crippen LogP contribution is 2.24. The van der Waals surface area contributed by atoms with Crippen molar-refractivity contribution in [3.63, 3.8) is 0 Å². The van der Waals surface area contributed by atoms with E-state index in [0.29, 0.717) is 0 Å². The molecule has 4 heteroatoms. The van der Waals surface area contributed by atoms with Crippen LogP contribution in [0, 0.1) is 23.7 Å². The number of hydrogen-bond acceptors (Lipinski definition) is 4. The fourth-order valence-corrected chi connectivity index (χ4v) is 0.769. The van der Waals surface area contributed by atoms with Crippen molar-refractivity contribution in [2.45, 2.75) is 13.8 Å². The molecule has 0 radical (unpaired) electrons. The van der Waals surface area contributed by atoms with Crippen molar-refractivity contribution in [1.82, 2.24) is 0 Å². The Labute approximate surface area is 70.2 Å². The summed E-state index contributed by atoms with van der Waals surface area (Å²) >= 11 is 0. The fraction of sp³-hybridized carbons (Fsp3) is 0.500. The van der Waals surface area contributed by atoms with Gasteiger partial charge in [0.25, 0.3) is 0 Å². The average Bonchev–Trinajstić information content (AvgIpc) is 1.84. The summed E-state index contributed by atoms with van der Waals surface area (Å²) in [7, 11) is 0. The Hall–Kier alpha value is -1.50. The molecule has 0 aliphatic carbocycles. The van der Waals surface area contributed by atoms with Gasteiger partial charge in [-0.05, 0) is 13.8 Å². The molecule has 0 saturated heterocycles. The first kappa shape index (κ1) is 10.5. The van der Waals surface area contributed by atoms with Crippen molar-refractivity contribution in [3.8, 4) is 12.3 Å². The van der Waals surface area contributed by atoms with Crippen molar-refractivity contribution in [3.05, 3.63) is 0 Å². The number of carbonyl (C=O) groups excluding carboxylic acids is 2. The van der Waals surface area contributed by atoms with Crippen LogP contribution in [0.3, 0.4) is 0 Å². The summed E-state index contributed by atoms with van der Waals surface area (Å²) < 4.78 is 0. The molecular formula is C8H8O4-2. The number of carboxylic acid groups (broad SMARTS) is 2. The Bertz CT molecular complexity index is 232. The van der Waals surface area contributed by atoms with E-state index in [1.165, 1.54) is 13.8 Å². The third-order valence-electron chi connectivity index (χ3n) is 1.57. The standard InChI is InChI=1S/C8H10O4/c1-4-8(2,3)5(6(9)10)7(11)12/h1,5H,2-3H3,(H,9,10)(H,11,12)/p-2. The number of rotatable bonds is 3. The van der Waals surface area contributed by atoms with Crippen molar-refractivity contribution in [1.29, 1.82) is 0 Å². The highest BCUT2D eigenvalue weighted by molar-refractivity contribution is 5.92. The number of carbonyl (C=O) groups is 2. The molecule has 0 N–H and O–H groups in total. The van der Waals surface area contributed by atoms with Gasteiger partial charge in [0, 0.05) is 5.41 Å². The summed E-state index contributed by atoms with van der Waals surface area (Å²) in [6, 6.07) is 0. The van der Waals surface area contributed by atoms with E-state index in [9.17, 15) is 19.8 Å². The minimum atomic E-state index is -1.78. The maximum absolute atomic E-state index is 10.3. The van der Waals surface area contributed by atoms with Crippen LogP contribution in [-0.4, -0.2) is 11.9 Å². The number of carboxylic acids is 2. The molecule has 0 aliphatic rings. The van der Waals surface area contributed by atoms with Crippen molar-refractivity contribution >= 4 is 11.9 Å².